The number of nitrogens with zero attached hydrogens (tertiary/aromatic N) is 1. The lowest BCUT2D eigenvalue weighted by Crippen LogP contribution is -2.15. The number of aliphatic imine (C=N–C) groups is 1. The molecule has 0 saturated heterocycles. The molecule has 0 spiro atoms. The van der Waals surface area contributed by atoms with Crippen LogP contribution in [0.5, 0.6) is 11.5 Å². The molecule has 9 heteroatoms. The summed E-state index contributed by atoms with van der Waals surface area (Å²) in [6.45, 7) is 3.80. The zero-order chi connectivity index (χ0) is 22.4. The molecule has 2 aromatic rings. The van der Waals surface area contributed by atoms with E-state index < -0.39 is 11.9 Å². The van der Waals surface area contributed by atoms with Crippen LogP contribution < -0.4 is 9.47 Å². The van der Waals surface area contributed by atoms with E-state index in [1.807, 2.05) is 18.2 Å². The van der Waals surface area contributed by atoms with Crippen LogP contribution in [-0.4, -0.2) is 37.7 Å². The van der Waals surface area contributed by atoms with E-state index in [1.54, 1.807) is 32.0 Å². The summed E-state index contributed by atoms with van der Waals surface area (Å²) >= 11 is 9.77. The summed E-state index contributed by atoms with van der Waals surface area (Å²) in [6, 6.07) is 10.5. The largest absolute Gasteiger partial charge is 0.490 e. The molecule has 0 fully saturated rings. The van der Waals surface area contributed by atoms with Gasteiger partial charge in [-0.05, 0) is 65.7 Å². The number of esters is 2. The number of carbonyl (C=O) groups excluding carboxylic acids is 2. The smallest absolute Gasteiger partial charge is 0.363 e. The van der Waals surface area contributed by atoms with Crippen LogP contribution in [0.15, 0.2) is 51.6 Å². The SMILES string of the molecule is CCOC(=O)COc1c(Cl)cc(/C=C2\N=C(c3ccccc3Br)OC2=O)cc1OCC. The van der Waals surface area contributed by atoms with Crippen molar-refractivity contribution in [3.8, 4) is 11.5 Å². The summed E-state index contributed by atoms with van der Waals surface area (Å²) in [7, 11) is 0. The summed E-state index contributed by atoms with van der Waals surface area (Å²) < 4.78 is 22.0. The first-order chi connectivity index (χ1) is 14.9. The van der Waals surface area contributed by atoms with E-state index in [1.165, 1.54) is 6.08 Å². The van der Waals surface area contributed by atoms with Crippen LogP contribution in [0.25, 0.3) is 6.08 Å². The summed E-state index contributed by atoms with van der Waals surface area (Å²) in [4.78, 5) is 28.2. The Labute approximate surface area is 192 Å². The van der Waals surface area contributed by atoms with Crippen molar-refractivity contribution < 1.29 is 28.5 Å². The molecule has 7 nitrogen and oxygen atoms in total. The Morgan fingerprint density at radius 2 is 1.97 bits per heavy atom. The molecule has 1 aliphatic heterocycles. The van der Waals surface area contributed by atoms with Gasteiger partial charge in [-0.15, -0.1) is 0 Å². The fourth-order valence-corrected chi connectivity index (χ4v) is 3.45. The molecule has 0 saturated carbocycles. The highest BCUT2D eigenvalue weighted by molar-refractivity contribution is 9.10. The molecule has 0 radical (unpaired) electrons. The highest BCUT2D eigenvalue weighted by Crippen LogP contribution is 2.37. The Morgan fingerprint density at radius 1 is 1.19 bits per heavy atom. The predicted molar refractivity (Wildman–Crippen MR) is 119 cm³/mol. The zero-order valence-corrected chi connectivity index (χ0v) is 19.2. The second-order valence-electron chi connectivity index (χ2n) is 6.17. The van der Waals surface area contributed by atoms with Crippen molar-refractivity contribution in [1.82, 2.24) is 0 Å². The van der Waals surface area contributed by atoms with E-state index in [0.29, 0.717) is 23.5 Å². The van der Waals surface area contributed by atoms with E-state index >= 15 is 0 Å². The molecular formula is C22H19BrClNO6. The number of hydrogen-bond donors (Lipinski definition) is 0. The monoisotopic (exact) mass is 507 g/mol. The molecule has 0 aliphatic carbocycles. The maximum Gasteiger partial charge on any atom is 0.363 e. The van der Waals surface area contributed by atoms with Crippen molar-refractivity contribution in [1.29, 1.82) is 0 Å². The highest BCUT2D eigenvalue weighted by atomic mass is 79.9. The van der Waals surface area contributed by atoms with E-state index in [-0.39, 0.29) is 35.6 Å². The van der Waals surface area contributed by atoms with Gasteiger partial charge < -0.3 is 18.9 Å². The average Bonchev–Trinajstić information content (AvgIpc) is 3.08. The van der Waals surface area contributed by atoms with E-state index in [0.717, 1.165) is 4.47 Å². The van der Waals surface area contributed by atoms with Crippen LogP contribution in [0.4, 0.5) is 0 Å². The van der Waals surface area contributed by atoms with Crippen LogP contribution in [0.1, 0.15) is 25.0 Å². The van der Waals surface area contributed by atoms with Gasteiger partial charge in [0.1, 0.15) is 0 Å². The Kier molecular flexibility index (Phi) is 7.70. The minimum Gasteiger partial charge on any atom is -0.490 e. The Balaban J connectivity index is 1.90. The fourth-order valence-electron chi connectivity index (χ4n) is 2.72. The standard InChI is InChI=1S/C22H19BrClNO6/c1-3-28-18-11-13(9-16(24)20(18)30-12-19(26)29-4-2)10-17-22(27)31-21(25-17)14-7-5-6-8-15(14)23/h5-11H,3-4,12H2,1-2H3/b17-10-. The van der Waals surface area contributed by atoms with E-state index in [4.69, 9.17) is 30.5 Å². The van der Waals surface area contributed by atoms with Crippen LogP contribution in [-0.2, 0) is 19.1 Å². The zero-order valence-electron chi connectivity index (χ0n) is 16.8. The van der Waals surface area contributed by atoms with Crippen LogP contribution in [0.2, 0.25) is 5.02 Å². The van der Waals surface area contributed by atoms with Crippen molar-refractivity contribution in [3.05, 3.63) is 62.7 Å². The maximum atomic E-state index is 12.3. The number of hydrogen-bond acceptors (Lipinski definition) is 7. The second kappa shape index (κ2) is 10.5. The molecule has 0 N–H and O–H groups in total. The number of benzene rings is 2. The number of rotatable bonds is 8. The van der Waals surface area contributed by atoms with Crippen LogP contribution in [0, 0.1) is 0 Å². The van der Waals surface area contributed by atoms with Crippen molar-refractivity contribution in [2.24, 2.45) is 4.99 Å². The van der Waals surface area contributed by atoms with Gasteiger partial charge in [0.25, 0.3) is 0 Å². The molecule has 0 unspecified atom stereocenters. The van der Waals surface area contributed by atoms with Crippen molar-refractivity contribution >= 4 is 51.4 Å². The van der Waals surface area contributed by atoms with Crippen molar-refractivity contribution in [2.45, 2.75) is 13.8 Å². The maximum absolute atomic E-state index is 12.3. The molecular weight excluding hydrogens is 490 g/mol. The fraction of sp³-hybridized carbons (Fsp3) is 0.227. The number of ether oxygens (including phenoxy) is 4. The molecule has 0 aromatic heterocycles. The van der Waals surface area contributed by atoms with Crippen molar-refractivity contribution in [2.75, 3.05) is 19.8 Å². The number of carbonyl (C=O) groups is 2. The van der Waals surface area contributed by atoms with Gasteiger partial charge in [-0.1, -0.05) is 23.7 Å². The third-order valence-corrected chi connectivity index (χ3v) is 4.97. The lowest BCUT2D eigenvalue weighted by molar-refractivity contribution is -0.145. The molecule has 3 rings (SSSR count). The molecule has 0 atom stereocenters. The highest BCUT2D eigenvalue weighted by Gasteiger charge is 2.25. The third kappa shape index (κ3) is 5.65. The number of halogens is 2. The van der Waals surface area contributed by atoms with Crippen LogP contribution >= 0.6 is 27.5 Å². The predicted octanol–water partition coefficient (Wildman–Crippen LogP) is 4.79. The lowest BCUT2D eigenvalue weighted by atomic mass is 10.1. The van der Waals surface area contributed by atoms with Gasteiger partial charge in [0.2, 0.25) is 5.90 Å². The Morgan fingerprint density at radius 3 is 2.68 bits per heavy atom. The van der Waals surface area contributed by atoms with Gasteiger partial charge in [-0.25, -0.2) is 14.6 Å². The molecule has 31 heavy (non-hydrogen) atoms. The molecule has 1 aliphatic rings. The van der Waals surface area contributed by atoms with Gasteiger partial charge >= 0.3 is 11.9 Å². The average molecular weight is 509 g/mol. The quantitative estimate of drug-likeness (QED) is 0.377. The molecule has 162 valence electrons. The Bertz CT molecular complexity index is 1070. The molecule has 2 aromatic carbocycles. The molecule has 1 heterocycles. The Hall–Kier alpha value is -2.84. The van der Waals surface area contributed by atoms with Gasteiger partial charge in [0.05, 0.1) is 23.8 Å². The number of cyclic esters (lactones) is 1. The van der Waals surface area contributed by atoms with Gasteiger partial charge in [0.15, 0.2) is 23.8 Å². The molecule has 0 bridgehead atoms. The summed E-state index contributed by atoms with van der Waals surface area (Å²) in [5.41, 5.74) is 1.33. The minimum atomic E-state index is -0.581. The van der Waals surface area contributed by atoms with Gasteiger partial charge in [0, 0.05) is 4.47 Å². The summed E-state index contributed by atoms with van der Waals surface area (Å²) in [5, 5.41) is 0.212. The van der Waals surface area contributed by atoms with Gasteiger partial charge in [-0.3, -0.25) is 0 Å². The van der Waals surface area contributed by atoms with Crippen molar-refractivity contribution in [3.63, 3.8) is 0 Å². The summed E-state index contributed by atoms with van der Waals surface area (Å²) in [6.07, 6.45) is 1.54. The van der Waals surface area contributed by atoms with E-state index in [9.17, 15) is 9.59 Å². The van der Waals surface area contributed by atoms with Gasteiger partial charge in [-0.2, -0.15) is 0 Å². The third-order valence-electron chi connectivity index (χ3n) is 4.00. The van der Waals surface area contributed by atoms with E-state index in [2.05, 4.69) is 20.9 Å². The minimum absolute atomic E-state index is 0.115. The summed E-state index contributed by atoms with van der Waals surface area (Å²) in [5.74, 6) is -0.357. The topological polar surface area (TPSA) is 83.4 Å². The lowest BCUT2D eigenvalue weighted by Gasteiger charge is -2.14. The molecule has 0 amide bonds. The van der Waals surface area contributed by atoms with Crippen LogP contribution in [0.3, 0.4) is 0 Å². The normalized spacial score (nSPS) is 14.3. The second-order valence-corrected chi connectivity index (χ2v) is 7.43. The first-order valence-corrected chi connectivity index (χ1v) is 10.6. The first-order valence-electron chi connectivity index (χ1n) is 9.45. The first kappa shape index (κ1) is 22.8.